The van der Waals surface area contributed by atoms with Gasteiger partial charge in [-0.1, -0.05) is 6.07 Å². The number of carbonyl (C=O) groups excluding carboxylic acids is 1. The third-order valence-electron chi connectivity index (χ3n) is 4.91. The normalized spacial score (nSPS) is 13.3. The molecule has 0 radical (unpaired) electrons. The lowest BCUT2D eigenvalue weighted by Gasteiger charge is -2.33. The van der Waals surface area contributed by atoms with Crippen LogP contribution in [0.4, 0.5) is 5.69 Å². The fourth-order valence-electron chi connectivity index (χ4n) is 3.34. The molecule has 0 aliphatic rings. The number of benzene rings is 2. The molecule has 3 rings (SSSR count). The van der Waals surface area contributed by atoms with Crippen molar-refractivity contribution >= 4 is 42.6 Å². The van der Waals surface area contributed by atoms with Crippen LogP contribution < -0.4 is 10.7 Å². The van der Waals surface area contributed by atoms with Gasteiger partial charge >= 0.3 is 0 Å². The maximum atomic E-state index is 13.0. The highest BCUT2D eigenvalue weighted by Gasteiger charge is 2.23. The molecule has 7 heteroatoms. The molecule has 162 valence electrons. The van der Waals surface area contributed by atoms with E-state index < -0.39 is 26.0 Å². The second-order valence-electron chi connectivity index (χ2n) is 9.02. The molecule has 0 bridgehead atoms. The van der Waals surface area contributed by atoms with E-state index in [9.17, 15) is 14.7 Å². The van der Waals surface area contributed by atoms with Crippen LogP contribution in [0.1, 0.15) is 15.9 Å². The molecule has 5 nitrogen and oxygen atoms in total. The van der Waals surface area contributed by atoms with Crippen LogP contribution >= 0.6 is 20.1 Å². The molecule has 3 N–H and O–H groups in total. The summed E-state index contributed by atoms with van der Waals surface area (Å²) >= 11 is 0. The summed E-state index contributed by atoms with van der Waals surface area (Å²) in [6.45, 7) is 1.95. The number of nitrogens with one attached hydrogen (secondary N) is 2. The number of fused-ring (bicyclic) bond motifs is 1. The van der Waals surface area contributed by atoms with E-state index in [0.717, 1.165) is 15.4 Å². The summed E-state index contributed by atoms with van der Waals surface area (Å²) in [6, 6.07) is 9.11. The fraction of sp³-hybridized carbons (Fsp3) is 0.304. The molecule has 0 spiro atoms. The first-order valence-corrected chi connectivity index (χ1v) is 15.2. The van der Waals surface area contributed by atoms with Crippen LogP contribution in [0.15, 0.2) is 51.1 Å². The minimum absolute atomic E-state index is 0.0474. The van der Waals surface area contributed by atoms with Crippen molar-refractivity contribution in [1.29, 1.82) is 0 Å². The van der Waals surface area contributed by atoms with Crippen molar-refractivity contribution in [2.45, 2.75) is 16.7 Å². The van der Waals surface area contributed by atoms with E-state index >= 15 is 0 Å². The average molecular weight is 447 g/mol. The number of phenols is 1. The lowest BCUT2D eigenvalue weighted by molar-refractivity contribution is 0.102. The van der Waals surface area contributed by atoms with Gasteiger partial charge in [0.15, 0.2) is 0 Å². The van der Waals surface area contributed by atoms with E-state index in [4.69, 9.17) is 0 Å². The number of hydrogen-bond donors (Lipinski definition) is 3. The van der Waals surface area contributed by atoms with Crippen molar-refractivity contribution in [3.63, 3.8) is 0 Å². The molecule has 0 atom stereocenters. The topological polar surface area (TPSA) is 82.2 Å². The first kappa shape index (κ1) is 22.3. The summed E-state index contributed by atoms with van der Waals surface area (Å²) in [5.74, 6) is -0.318. The van der Waals surface area contributed by atoms with Crippen molar-refractivity contribution in [2.24, 2.45) is 0 Å². The van der Waals surface area contributed by atoms with Crippen LogP contribution in [-0.2, 0) is 0 Å². The minimum Gasteiger partial charge on any atom is -0.507 e. The number of aromatic hydroxyl groups is 1. The van der Waals surface area contributed by atoms with Gasteiger partial charge in [-0.15, -0.1) is 0 Å². The molecule has 0 fully saturated rings. The second-order valence-corrected chi connectivity index (χ2v) is 17.3. The summed E-state index contributed by atoms with van der Waals surface area (Å²) in [4.78, 5) is 30.9. The highest BCUT2D eigenvalue weighted by Crippen LogP contribution is 2.57. The van der Waals surface area contributed by atoms with Gasteiger partial charge in [0.25, 0.3) is 5.91 Å². The van der Waals surface area contributed by atoms with Crippen molar-refractivity contribution in [2.75, 3.05) is 42.9 Å². The van der Waals surface area contributed by atoms with E-state index in [0.29, 0.717) is 16.6 Å². The molecular weight excluding hydrogens is 416 g/mol. The number of pyridine rings is 1. The van der Waals surface area contributed by atoms with Crippen molar-refractivity contribution < 1.29 is 9.90 Å². The van der Waals surface area contributed by atoms with Crippen LogP contribution in [0.3, 0.4) is 0 Å². The molecule has 2 aromatic carbocycles. The standard InChI is InChI=1S/C23H30N2O3S2/c1-14-8-9-15-17(10-14)24-13-16(22(15)27)23(28)25-18-11-19(26)21(30(5,6)7)12-20(18)29(2,3)4/h8-13,26H,1-7H3,(H,24,27)(H,25,28). The number of aromatic nitrogens is 1. The Morgan fingerprint density at radius 1 is 0.967 bits per heavy atom. The largest absolute Gasteiger partial charge is 0.507 e. The Labute approximate surface area is 180 Å². The van der Waals surface area contributed by atoms with Crippen LogP contribution in [-0.4, -0.2) is 53.5 Å². The zero-order valence-electron chi connectivity index (χ0n) is 18.5. The lowest BCUT2D eigenvalue weighted by Crippen LogP contribution is -2.22. The number of aryl methyl sites for hydroxylation is 1. The first-order chi connectivity index (χ1) is 13.8. The summed E-state index contributed by atoms with van der Waals surface area (Å²) < 4.78 is 0. The third kappa shape index (κ3) is 4.37. The molecule has 0 unspecified atom stereocenters. The molecule has 3 aromatic rings. The first-order valence-electron chi connectivity index (χ1n) is 9.46. The number of H-pyrrole nitrogens is 1. The fourth-order valence-corrected chi connectivity index (χ4v) is 5.81. The molecule has 30 heavy (non-hydrogen) atoms. The van der Waals surface area contributed by atoms with E-state index in [1.165, 1.54) is 6.20 Å². The Kier molecular flexibility index (Phi) is 5.73. The van der Waals surface area contributed by atoms with Crippen molar-refractivity contribution in [1.82, 2.24) is 4.98 Å². The molecule has 1 aromatic heterocycles. The van der Waals surface area contributed by atoms with Gasteiger partial charge in [-0.3, -0.25) is 9.59 Å². The van der Waals surface area contributed by atoms with Gasteiger partial charge in [0.1, 0.15) is 11.3 Å². The number of aromatic amines is 1. The van der Waals surface area contributed by atoms with Gasteiger partial charge < -0.3 is 15.4 Å². The van der Waals surface area contributed by atoms with Crippen molar-refractivity contribution in [3.8, 4) is 5.75 Å². The highest BCUT2D eigenvalue weighted by atomic mass is 32.3. The number of amides is 1. The lowest BCUT2D eigenvalue weighted by atomic mass is 10.1. The van der Waals surface area contributed by atoms with E-state index in [1.54, 1.807) is 12.1 Å². The number of anilines is 1. The molecule has 0 aliphatic heterocycles. The van der Waals surface area contributed by atoms with Gasteiger partial charge in [-0.05, 0) is 68.2 Å². The Bertz CT molecular complexity index is 1200. The van der Waals surface area contributed by atoms with E-state index in [1.807, 2.05) is 25.1 Å². The van der Waals surface area contributed by atoms with Gasteiger partial charge in [0.2, 0.25) is 5.43 Å². The smallest absolute Gasteiger partial charge is 0.261 e. The molecular formula is C23H30N2O3S2. The molecule has 1 heterocycles. The van der Waals surface area contributed by atoms with Crippen molar-refractivity contribution in [3.05, 3.63) is 57.9 Å². The summed E-state index contributed by atoms with van der Waals surface area (Å²) in [6.07, 6.45) is 14.2. The van der Waals surface area contributed by atoms with Crippen LogP contribution in [0.25, 0.3) is 10.9 Å². The van der Waals surface area contributed by atoms with Gasteiger partial charge in [0.05, 0.1) is 5.69 Å². The SMILES string of the molecule is Cc1ccc2c(=O)c(C(=O)Nc3cc(O)c(S(C)(C)C)cc3S(C)(C)C)c[nH]c2c1. The Morgan fingerprint density at radius 3 is 2.20 bits per heavy atom. The molecule has 0 saturated carbocycles. The zero-order valence-corrected chi connectivity index (χ0v) is 20.2. The summed E-state index contributed by atoms with van der Waals surface area (Å²) in [7, 11) is -2.36. The third-order valence-corrected chi connectivity index (χ3v) is 8.21. The maximum Gasteiger partial charge on any atom is 0.261 e. The summed E-state index contributed by atoms with van der Waals surface area (Å²) in [5, 5.41) is 14.0. The Hall–Kier alpha value is -2.38. The predicted octanol–water partition coefficient (Wildman–Crippen LogP) is 4.90. The molecule has 0 saturated heterocycles. The average Bonchev–Trinajstić information content (AvgIpc) is 2.59. The molecule has 0 aliphatic carbocycles. The minimum atomic E-state index is -1.21. The molecule has 1 amide bonds. The number of carbonyl (C=O) groups is 1. The Balaban J connectivity index is 2.08. The van der Waals surface area contributed by atoms with Gasteiger partial charge in [-0.2, -0.15) is 0 Å². The highest BCUT2D eigenvalue weighted by molar-refractivity contribution is 8.33. The zero-order chi connectivity index (χ0) is 22.4. The second kappa shape index (κ2) is 7.71. The number of phenolic OH excluding ortho intramolecular Hbond substituents is 1. The monoisotopic (exact) mass is 446 g/mol. The number of hydrogen-bond acceptors (Lipinski definition) is 3. The predicted molar refractivity (Wildman–Crippen MR) is 133 cm³/mol. The van der Waals surface area contributed by atoms with Gasteiger partial charge in [0, 0.05) is 33.0 Å². The van der Waals surface area contributed by atoms with Crippen LogP contribution in [0.5, 0.6) is 5.75 Å². The summed E-state index contributed by atoms with van der Waals surface area (Å²) in [5.41, 5.74) is 2.02. The van der Waals surface area contributed by atoms with Crippen LogP contribution in [0.2, 0.25) is 0 Å². The van der Waals surface area contributed by atoms with E-state index in [2.05, 4.69) is 47.8 Å². The maximum absolute atomic E-state index is 13.0. The quantitative estimate of drug-likeness (QED) is 0.533. The van der Waals surface area contributed by atoms with E-state index in [-0.39, 0.29) is 16.7 Å². The number of rotatable bonds is 4. The van der Waals surface area contributed by atoms with Crippen LogP contribution in [0, 0.1) is 6.92 Å². The van der Waals surface area contributed by atoms with Gasteiger partial charge in [-0.25, -0.2) is 20.1 Å². The Morgan fingerprint density at radius 2 is 1.60 bits per heavy atom.